The number of hydrogen-bond donors (Lipinski definition) is 4. The van der Waals surface area contributed by atoms with Crippen LogP contribution >= 0.6 is 0 Å². The van der Waals surface area contributed by atoms with Crippen molar-refractivity contribution in [2.75, 3.05) is 23.3 Å². The van der Waals surface area contributed by atoms with Crippen LogP contribution in [0.2, 0.25) is 0 Å². The van der Waals surface area contributed by atoms with Gasteiger partial charge in [-0.25, -0.2) is 4.79 Å². The van der Waals surface area contributed by atoms with E-state index in [4.69, 9.17) is 5.11 Å². The molecule has 4 saturated carbocycles. The minimum atomic E-state index is -1.07. The van der Waals surface area contributed by atoms with Crippen molar-refractivity contribution >= 4 is 23.4 Å². The van der Waals surface area contributed by atoms with Gasteiger partial charge in [0.05, 0.1) is 11.5 Å². The minimum Gasteiger partial charge on any atom is -0.465 e. The van der Waals surface area contributed by atoms with E-state index in [1.807, 2.05) is 12.1 Å². The van der Waals surface area contributed by atoms with Gasteiger partial charge in [-0.05, 0) is 87.0 Å². The minimum absolute atomic E-state index is 0.126. The molecule has 0 spiro atoms. The molecule has 0 aromatic heterocycles. The number of rotatable bonds is 4. The number of carbonyl (C=O) groups is 2. The number of carboxylic acid groups (broad SMARTS) is 1. The molecule has 7 heteroatoms. The highest BCUT2D eigenvalue weighted by molar-refractivity contribution is 5.84. The van der Waals surface area contributed by atoms with E-state index in [1.165, 1.54) is 0 Å². The summed E-state index contributed by atoms with van der Waals surface area (Å²) in [5, 5.41) is 25.1. The Bertz CT molecular complexity index is 810. The summed E-state index contributed by atoms with van der Waals surface area (Å²) in [4.78, 5) is 26.4. The molecule has 0 radical (unpaired) electrons. The van der Waals surface area contributed by atoms with Crippen LogP contribution in [-0.2, 0) is 4.79 Å². The van der Waals surface area contributed by atoms with Crippen LogP contribution in [-0.4, -0.2) is 47.4 Å². The molecule has 1 saturated heterocycles. The molecule has 5 fully saturated rings. The van der Waals surface area contributed by atoms with E-state index in [9.17, 15) is 14.7 Å². The van der Waals surface area contributed by atoms with Gasteiger partial charge in [0.25, 0.3) is 0 Å². The van der Waals surface area contributed by atoms with Gasteiger partial charge in [-0.15, -0.1) is 0 Å². The third-order valence-electron chi connectivity index (χ3n) is 7.95. The number of carbonyl (C=O) groups excluding carboxylic acids is 1. The summed E-state index contributed by atoms with van der Waals surface area (Å²) < 4.78 is 0. The monoisotopic (exact) mass is 413 g/mol. The maximum Gasteiger partial charge on any atom is 0.409 e. The lowest BCUT2D eigenvalue weighted by molar-refractivity contribution is -0.163. The average molecular weight is 414 g/mol. The fourth-order valence-electron chi connectivity index (χ4n) is 6.82. The Hall–Kier alpha value is -2.28. The smallest absolute Gasteiger partial charge is 0.409 e. The molecule has 162 valence electrons. The molecule has 2 unspecified atom stereocenters. The molecule has 6 rings (SSSR count). The van der Waals surface area contributed by atoms with Gasteiger partial charge in [0.15, 0.2) is 0 Å². The summed E-state index contributed by atoms with van der Waals surface area (Å²) in [5.74, 6) is 1.43. The maximum absolute atomic E-state index is 13.4. The molecule has 30 heavy (non-hydrogen) atoms. The van der Waals surface area contributed by atoms with E-state index in [0.29, 0.717) is 23.4 Å². The van der Waals surface area contributed by atoms with E-state index in [1.54, 1.807) is 12.1 Å². The van der Waals surface area contributed by atoms with Gasteiger partial charge in [0.2, 0.25) is 5.91 Å². The fourth-order valence-corrected chi connectivity index (χ4v) is 6.82. The second kappa shape index (κ2) is 7.45. The third kappa shape index (κ3) is 3.53. The summed E-state index contributed by atoms with van der Waals surface area (Å²) in [5.41, 5.74) is 1.34. The number of piperidine rings is 1. The zero-order valence-electron chi connectivity index (χ0n) is 17.2. The van der Waals surface area contributed by atoms with Crippen molar-refractivity contribution in [2.45, 2.75) is 57.1 Å². The Kier molecular flexibility index (Phi) is 4.88. The molecular weight excluding hydrogens is 382 g/mol. The highest BCUT2D eigenvalue weighted by atomic mass is 16.4. The Morgan fingerprint density at radius 3 is 2.43 bits per heavy atom. The zero-order chi connectivity index (χ0) is 20.9. The van der Waals surface area contributed by atoms with Crippen molar-refractivity contribution in [1.29, 1.82) is 0 Å². The van der Waals surface area contributed by atoms with Crippen molar-refractivity contribution in [3.8, 4) is 0 Å². The number of benzene rings is 1. The third-order valence-corrected chi connectivity index (χ3v) is 7.95. The summed E-state index contributed by atoms with van der Waals surface area (Å²) in [6.07, 6.45) is 5.60. The molecule has 3 atom stereocenters. The lowest BCUT2D eigenvalue weighted by atomic mass is 9.48. The van der Waals surface area contributed by atoms with Crippen LogP contribution in [0.15, 0.2) is 24.3 Å². The van der Waals surface area contributed by atoms with Crippen LogP contribution in [0.25, 0.3) is 0 Å². The van der Waals surface area contributed by atoms with Crippen molar-refractivity contribution in [3.63, 3.8) is 0 Å². The quantitative estimate of drug-likeness (QED) is 0.608. The standard InChI is InChI=1S/C23H31N3O4/c27-20-15-8-14-9-16(20)12-23(10-14,11-15)21(28)24-18-2-1-7-26(13-18)19-5-3-17(4-6-19)25-22(29)30/h3-6,14-16,18,20,25,27H,1-2,7-13H2,(H,24,28)(H,29,30)/t14?,15?,16?,18-,20?,23?/m0/s1. The first-order valence-corrected chi connectivity index (χ1v) is 11.3. The first-order valence-electron chi connectivity index (χ1n) is 11.3. The van der Waals surface area contributed by atoms with Gasteiger partial charge in [-0.3, -0.25) is 10.1 Å². The summed E-state index contributed by atoms with van der Waals surface area (Å²) >= 11 is 0. The van der Waals surface area contributed by atoms with Crippen LogP contribution in [0.3, 0.4) is 0 Å². The second-order valence-electron chi connectivity index (χ2n) is 9.98. The van der Waals surface area contributed by atoms with Crippen molar-refractivity contribution in [1.82, 2.24) is 5.32 Å². The average Bonchev–Trinajstić information content (AvgIpc) is 2.71. The molecule has 4 N–H and O–H groups in total. The van der Waals surface area contributed by atoms with Crippen LogP contribution in [0.5, 0.6) is 0 Å². The van der Waals surface area contributed by atoms with E-state index in [0.717, 1.165) is 63.7 Å². The Morgan fingerprint density at radius 2 is 1.77 bits per heavy atom. The number of amides is 2. The number of anilines is 2. The summed E-state index contributed by atoms with van der Waals surface area (Å²) in [6.45, 7) is 1.70. The van der Waals surface area contributed by atoms with Gasteiger partial charge in [-0.1, -0.05) is 0 Å². The van der Waals surface area contributed by atoms with Crippen LogP contribution < -0.4 is 15.5 Å². The first kappa shape index (κ1) is 19.7. The zero-order valence-corrected chi connectivity index (χ0v) is 17.2. The Balaban J connectivity index is 1.23. The highest BCUT2D eigenvalue weighted by Crippen LogP contribution is 2.60. The SMILES string of the molecule is O=C(O)Nc1ccc(N2CCC[C@H](NC(=O)C34CC5CC(C3)C(O)C(C5)C4)C2)cc1. The van der Waals surface area contributed by atoms with Gasteiger partial charge in [0, 0.05) is 30.5 Å². The maximum atomic E-state index is 13.4. The molecule has 2 amide bonds. The molecule has 4 aliphatic carbocycles. The lowest BCUT2D eigenvalue weighted by Crippen LogP contribution is -2.60. The van der Waals surface area contributed by atoms with Crippen molar-refractivity contribution < 1.29 is 19.8 Å². The predicted octanol–water partition coefficient (Wildman–Crippen LogP) is 3.05. The molecule has 1 heterocycles. The molecule has 5 aliphatic rings. The largest absolute Gasteiger partial charge is 0.465 e. The molecule has 1 aromatic rings. The number of aliphatic hydroxyl groups excluding tert-OH is 1. The van der Waals surface area contributed by atoms with E-state index in [2.05, 4.69) is 15.5 Å². The van der Waals surface area contributed by atoms with Crippen molar-refractivity contribution in [2.24, 2.45) is 23.2 Å². The molecule has 7 nitrogen and oxygen atoms in total. The first-order chi connectivity index (χ1) is 14.4. The summed E-state index contributed by atoms with van der Waals surface area (Å²) in [6, 6.07) is 7.52. The van der Waals surface area contributed by atoms with E-state index in [-0.39, 0.29) is 23.5 Å². The highest BCUT2D eigenvalue weighted by Gasteiger charge is 2.58. The van der Waals surface area contributed by atoms with Gasteiger partial charge < -0.3 is 20.4 Å². The van der Waals surface area contributed by atoms with E-state index < -0.39 is 6.09 Å². The normalized spacial score (nSPS) is 37.1. The lowest BCUT2D eigenvalue weighted by Gasteiger charge is -2.58. The Labute approximate surface area is 176 Å². The molecule has 4 bridgehead atoms. The molecule has 1 aromatic carbocycles. The van der Waals surface area contributed by atoms with Gasteiger partial charge in [-0.2, -0.15) is 0 Å². The number of aliphatic hydroxyl groups is 1. The van der Waals surface area contributed by atoms with Crippen LogP contribution in [0, 0.1) is 23.2 Å². The topological polar surface area (TPSA) is 102 Å². The van der Waals surface area contributed by atoms with Gasteiger partial charge >= 0.3 is 6.09 Å². The number of nitrogens with zero attached hydrogens (tertiary/aromatic N) is 1. The molecule has 1 aliphatic heterocycles. The second-order valence-corrected chi connectivity index (χ2v) is 9.98. The molecular formula is C23H31N3O4. The fraction of sp³-hybridized carbons (Fsp3) is 0.652. The van der Waals surface area contributed by atoms with E-state index >= 15 is 0 Å². The summed E-state index contributed by atoms with van der Waals surface area (Å²) in [7, 11) is 0. The van der Waals surface area contributed by atoms with Crippen molar-refractivity contribution in [3.05, 3.63) is 24.3 Å². The van der Waals surface area contributed by atoms with Crippen LogP contribution in [0.1, 0.15) is 44.9 Å². The Morgan fingerprint density at radius 1 is 1.07 bits per heavy atom. The number of nitrogens with one attached hydrogen (secondary N) is 2. The van der Waals surface area contributed by atoms with Crippen LogP contribution in [0.4, 0.5) is 16.2 Å². The predicted molar refractivity (Wildman–Crippen MR) is 113 cm³/mol. The number of hydrogen-bond acceptors (Lipinski definition) is 4. The van der Waals surface area contributed by atoms with Gasteiger partial charge in [0.1, 0.15) is 0 Å².